The molecule has 0 saturated heterocycles. The van der Waals surface area contributed by atoms with Crippen molar-refractivity contribution in [2.45, 2.75) is 33.2 Å². The number of ether oxygens (including phenoxy) is 1. The number of methoxy groups -OCH3 is 1. The molecule has 0 saturated carbocycles. The molecule has 1 N–H and O–H groups in total. The fourth-order valence-electron chi connectivity index (χ4n) is 2.32. The Kier molecular flexibility index (Phi) is 5.62. The van der Waals surface area contributed by atoms with E-state index in [1.807, 2.05) is 18.2 Å². The van der Waals surface area contributed by atoms with Gasteiger partial charge in [0.25, 0.3) is 0 Å². The second kappa shape index (κ2) is 7.25. The molecule has 0 bridgehead atoms. The molecule has 0 aliphatic heterocycles. The molecule has 1 atom stereocenters. The van der Waals surface area contributed by atoms with Gasteiger partial charge in [-0.05, 0) is 37.6 Å². The number of benzene rings is 1. The zero-order chi connectivity index (χ0) is 15.4. The van der Waals surface area contributed by atoms with Gasteiger partial charge in [-0.25, -0.2) is 4.98 Å². The molecule has 0 radical (unpaired) electrons. The van der Waals surface area contributed by atoms with Gasteiger partial charge in [-0.1, -0.05) is 31.5 Å². The number of thiazole rings is 1. The van der Waals surface area contributed by atoms with E-state index in [0.29, 0.717) is 10.8 Å². The Bertz CT molecular complexity index is 612. The predicted molar refractivity (Wildman–Crippen MR) is 89.8 cm³/mol. The standard InChI is InChI=1S/C16H21ClN2OS/c1-5-13-10(3)21-16(19-13)15(18-6-2)11-7-8-14(20-4)12(17)9-11/h7-9,15,18H,5-6H2,1-4H3. The molecule has 0 aliphatic rings. The van der Waals surface area contributed by atoms with E-state index >= 15 is 0 Å². The van der Waals surface area contributed by atoms with Crippen LogP contribution < -0.4 is 10.1 Å². The number of nitrogens with zero attached hydrogens (tertiary/aromatic N) is 1. The molecule has 114 valence electrons. The van der Waals surface area contributed by atoms with Crippen LogP contribution in [0.2, 0.25) is 5.02 Å². The normalized spacial score (nSPS) is 12.4. The third kappa shape index (κ3) is 3.57. The largest absolute Gasteiger partial charge is 0.495 e. The molecular formula is C16H21ClN2OS. The van der Waals surface area contributed by atoms with Crippen LogP contribution in [0, 0.1) is 6.92 Å². The van der Waals surface area contributed by atoms with Crippen LogP contribution in [0.5, 0.6) is 5.75 Å². The SMILES string of the molecule is CCNC(c1ccc(OC)c(Cl)c1)c1nc(CC)c(C)s1. The minimum atomic E-state index is 0.0717. The van der Waals surface area contributed by atoms with Gasteiger partial charge in [0.1, 0.15) is 10.8 Å². The van der Waals surface area contributed by atoms with Crippen molar-refractivity contribution in [1.82, 2.24) is 10.3 Å². The Balaban J connectivity index is 2.40. The smallest absolute Gasteiger partial charge is 0.137 e. The summed E-state index contributed by atoms with van der Waals surface area (Å²) in [7, 11) is 1.63. The lowest BCUT2D eigenvalue weighted by Crippen LogP contribution is -2.22. The van der Waals surface area contributed by atoms with Gasteiger partial charge in [-0.3, -0.25) is 0 Å². The van der Waals surface area contributed by atoms with E-state index in [9.17, 15) is 0 Å². The van der Waals surface area contributed by atoms with Crippen molar-refractivity contribution in [3.63, 3.8) is 0 Å². The van der Waals surface area contributed by atoms with Gasteiger partial charge in [0.05, 0.1) is 23.9 Å². The Morgan fingerprint density at radius 3 is 2.67 bits per heavy atom. The maximum absolute atomic E-state index is 6.26. The molecule has 0 aliphatic carbocycles. The van der Waals surface area contributed by atoms with Gasteiger partial charge < -0.3 is 10.1 Å². The molecule has 0 fully saturated rings. The van der Waals surface area contributed by atoms with Gasteiger partial charge in [0.2, 0.25) is 0 Å². The third-order valence-corrected chi connectivity index (χ3v) is 4.78. The lowest BCUT2D eigenvalue weighted by molar-refractivity contribution is 0.414. The highest BCUT2D eigenvalue weighted by molar-refractivity contribution is 7.11. The van der Waals surface area contributed by atoms with Crippen molar-refractivity contribution < 1.29 is 4.74 Å². The van der Waals surface area contributed by atoms with Crippen molar-refractivity contribution in [1.29, 1.82) is 0 Å². The van der Waals surface area contributed by atoms with Gasteiger partial charge in [0.15, 0.2) is 0 Å². The molecular weight excluding hydrogens is 304 g/mol. The Hall–Kier alpha value is -1.10. The molecule has 2 aromatic rings. The molecule has 1 heterocycles. The van der Waals surface area contributed by atoms with E-state index in [-0.39, 0.29) is 6.04 Å². The monoisotopic (exact) mass is 324 g/mol. The Labute approximate surface area is 135 Å². The van der Waals surface area contributed by atoms with E-state index < -0.39 is 0 Å². The van der Waals surface area contributed by atoms with Crippen LogP contribution >= 0.6 is 22.9 Å². The predicted octanol–water partition coefficient (Wildman–Crippen LogP) is 4.37. The highest BCUT2D eigenvalue weighted by atomic mass is 35.5. The van der Waals surface area contributed by atoms with Gasteiger partial charge in [0, 0.05) is 4.88 Å². The Morgan fingerprint density at radius 1 is 1.38 bits per heavy atom. The Morgan fingerprint density at radius 2 is 2.14 bits per heavy atom. The number of hydrogen-bond acceptors (Lipinski definition) is 4. The van der Waals surface area contributed by atoms with E-state index in [1.54, 1.807) is 18.4 Å². The summed E-state index contributed by atoms with van der Waals surface area (Å²) in [6.07, 6.45) is 0.963. The summed E-state index contributed by atoms with van der Waals surface area (Å²) in [5.74, 6) is 0.695. The maximum atomic E-state index is 6.26. The molecule has 1 unspecified atom stereocenters. The van der Waals surface area contributed by atoms with E-state index in [1.165, 1.54) is 10.6 Å². The fraction of sp³-hybridized carbons (Fsp3) is 0.438. The summed E-state index contributed by atoms with van der Waals surface area (Å²) in [4.78, 5) is 6.06. The summed E-state index contributed by atoms with van der Waals surface area (Å²) in [5, 5.41) is 5.21. The summed E-state index contributed by atoms with van der Waals surface area (Å²) in [5.41, 5.74) is 2.29. The topological polar surface area (TPSA) is 34.1 Å². The van der Waals surface area contributed by atoms with Crippen LogP contribution in [0.15, 0.2) is 18.2 Å². The van der Waals surface area contributed by atoms with Crippen molar-refractivity contribution in [2.24, 2.45) is 0 Å². The van der Waals surface area contributed by atoms with Gasteiger partial charge in [-0.2, -0.15) is 0 Å². The number of aryl methyl sites for hydroxylation is 2. The third-order valence-electron chi connectivity index (χ3n) is 3.41. The average Bonchev–Trinajstić information content (AvgIpc) is 2.85. The summed E-state index contributed by atoms with van der Waals surface area (Å²) in [6.45, 7) is 7.23. The van der Waals surface area contributed by atoms with Crippen molar-refractivity contribution >= 4 is 22.9 Å². The second-order valence-corrected chi connectivity index (χ2v) is 6.44. The first kappa shape index (κ1) is 16.3. The zero-order valence-corrected chi connectivity index (χ0v) is 14.4. The number of hydrogen-bond donors (Lipinski definition) is 1. The van der Waals surface area contributed by atoms with Gasteiger partial charge in [-0.15, -0.1) is 11.3 Å². The first-order valence-corrected chi connectivity index (χ1v) is 8.33. The summed E-state index contributed by atoms with van der Waals surface area (Å²) < 4.78 is 5.22. The molecule has 1 aromatic carbocycles. The van der Waals surface area contributed by atoms with E-state index in [2.05, 4.69) is 26.1 Å². The van der Waals surface area contributed by atoms with E-state index in [4.69, 9.17) is 21.3 Å². The van der Waals surface area contributed by atoms with Crippen molar-refractivity contribution in [2.75, 3.05) is 13.7 Å². The van der Waals surface area contributed by atoms with Crippen LogP contribution in [0.1, 0.15) is 41.0 Å². The lowest BCUT2D eigenvalue weighted by atomic mass is 10.1. The first-order valence-electron chi connectivity index (χ1n) is 7.13. The minimum absolute atomic E-state index is 0.0717. The molecule has 2 rings (SSSR count). The summed E-state index contributed by atoms with van der Waals surface area (Å²) in [6, 6.07) is 5.97. The van der Waals surface area contributed by atoms with E-state index in [0.717, 1.165) is 23.5 Å². The second-order valence-electron chi connectivity index (χ2n) is 4.79. The average molecular weight is 325 g/mol. The maximum Gasteiger partial charge on any atom is 0.137 e. The van der Waals surface area contributed by atoms with Crippen molar-refractivity contribution in [3.05, 3.63) is 44.4 Å². The number of nitrogens with one attached hydrogen (secondary N) is 1. The quantitative estimate of drug-likeness (QED) is 0.856. The van der Waals surface area contributed by atoms with Crippen LogP contribution in [-0.2, 0) is 6.42 Å². The lowest BCUT2D eigenvalue weighted by Gasteiger charge is -2.17. The molecule has 5 heteroatoms. The van der Waals surface area contributed by atoms with Crippen LogP contribution in [-0.4, -0.2) is 18.6 Å². The summed E-state index contributed by atoms with van der Waals surface area (Å²) >= 11 is 8.00. The van der Waals surface area contributed by atoms with Crippen LogP contribution in [0.25, 0.3) is 0 Å². The fourth-order valence-corrected chi connectivity index (χ4v) is 3.70. The van der Waals surface area contributed by atoms with Gasteiger partial charge >= 0.3 is 0 Å². The highest BCUT2D eigenvalue weighted by Crippen LogP contribution is 2.32. The molecule has 3 nitrogen and oxygen atoms in total. The number of aromatic nitrogens is 1. The molecule has 0 spiro atoms. The molecule has 1 aromatic heterocycles. The highest BCUT2D eigenvalue weighted by Gasteiger charge is 2.19. The number of rotatable bonds is 6. The number of halogens is 1. The minimum Gasteiger partial charge on any atom is -0.495 e. The molecule has 0 amide bonds. The van der Waals surface area contributed by atoms with Crippen LogP contribution in [0.4, 0.5) is 0 Å². The zero-order valence-electron chi connectivity index (χ0n) is 12.9. The van der Waals surface area contributed by atoms with Crippen LogP contribution in [0.3, 0.4) is 0 Å². The first-order chi connectivity index (χ1) is 10.1. The van der Waals surface area contributed by atoms with Crippen molar-refractivity contribution in [3.8, 4) is 5.75 Å². The molecule has 21 heavy (non-hydrogen) atoms.